The highest BCUT2D eigenvalue weighted by molar-refractivity contribution is 5.79. The van der Waals surface area contributed by atoms with Crippen molar-refractivity contribution in [2.45, 2.75) is 19.9 Å². The number of hydrogen-bond donors (Lipinski definition) is 2. The third-order valence-electron chi connectivity index (χ3n) is 3.37. The molecule has 136 valence electrons. The van der Waals surface area contributed by atoms with Crippen molar-refractivity contribution in [3.63, 3.8) is 0 Å². The standard InChI is InChI=1S/C17H29N3O4/c1-6-18-17(19-8-7-9-21-2)20-12-14-15(23-4)10-13(22-3)11-16(14)24-5/h10-11H,6-9,12H2,1-5H3,(H2,18,19,20). The average molecular weight is 339 g/mol. The number of hydrogen-bond acceptors (Lipinski definition) is 5. The van der Waals surface area contributed by atoms with E-state index in [2.05, 4.69) is 15.6 Å². The van der Waals surface area contributed by atoms with Crippen molar-refractivity contribution in [3.8, 4) is 17.2 Å². The lowest BCUT2D eigenvalue weighted by Crippen LogP contribution is -2.38. The van der Waals surface area contributed by atoms with Crippen molar-refractivity contribution in [1.29, 1.82) is 0 Å². The molecule has 2 N–H and O–H groups in total. The molecule has 1 rings (SSSR count). The molecule has 0 amide bonds. The smallest absolute Gasteiger partial charge is 0.191 e. The van der Waals surface area contributed by atoms with Gasteiger partial charge in [-0.15, -0.1) is 0 Å². The number of guanidine groups is 1. The van der Waals surface area contributed by atoms with E-state index in [9.17, 15) is 0 Å². The van der Waals surface area contributed by atoms with Gasteiger partial charge in [-0.1, -0.05) is 0 Å². The number of rotatable bonds is 10. The summed E-state index contributed by atoms with van der Waals surface area (Å²) in [5.41, 5.74) is 0.870. The molecule has 1 aromatic carbocycles. The van der Waals surface area contributed by atoms with Crippen LogP contribution in [-0.2, 0) is 11.3 Å². The van der Waals surface area contributed by atoms with Gasteiger partial charge in [-0.05, 0) is 13.3 Å². The van der Waals surface area contributed by atoms with Gasteiger partial charge in [0, 0.05) is 38.9 Å². The molecule has 0 bridgehead atoms. The first kappa shape index (κ1) is 19.9. The summed E-state index contributed by atoms with van der Waals surface area (Å²) in [6.07, 6.45) is 0.913. The minimum atomic E-state index is 0.427. The lowest BCUT2D eigenvalue weighted by molar-refractivity contribution is 0.195. The zero-order valence-corrected chi connectivity index (χ0v) is 15.3. The van der Waals surface area contributed by atoms with E-state index in [4.69, 9.17) is 18.9 Å². The summed E-state index contributed by atoms with van der Waals surface area (Å²) in [5.74, 6) is 2.80. The molecule has 7 heteroatoms. The molecule has 7 nitrogen and oxygen atoms in total. The van der Waals surface area contributed by atoms with Crippen LogP contribution in [0.15, 0.2) is 17.1 Å². The first-order valence-electron chi connectivity index (χ1n) is 8.00. The Bertz CT molecular complexity index is 496. The molecule has 0 aliphatic rings. The van der Waals surface area contributed by atoms with Crippen LogP contribution in [0.5, 0.6) is 17.2 Å². The van der Waals surface area contributed by atoms with Gasteiger partial charge < -0.3 is 29.6 Å². The highest BCUT2D eigenvalue weighted by Gasteiger charge is 2.13. The zero-order chi connectivity index (χ0) is 17.8. The molecular weight excluding hydrogens is 310 g/mol. The highest BCUT2D eigenvalue weighted by Crippen LogP contribution is 2.34. The Hall–Kier alpha value is -2.15. The van der Waals surface area contributed by atoms with Gasteiger partial charge in [0.2, 0.25) is 0 Å². The van der Waals surface area contributed by atoms with Gasteiger partial charge in [-0.2, -0.15) is 0 Å². The molecule has 0 aliphatic carbocycles. The third-order valence-corrected chi connectivity index (χ3v) is 3.37. The Morgan fingerprint density at radius 1 is 1.00 bits per heavy atom. The lowest BCUT2D eigenvalue weighted by Gasteiger charge is -2.15. The Morgan fingerprint density at radius 2 is 1.67 bits per heavy atom. The summed E-state index contributed by atoms with van der Waals surface area (Å²) in [4.78, 5) is 4.61. The molecule has 0 radical (unpaired) electrons. The van der Waals surface area contributed by atoms with Gasteiger partial charge in [0.1, 0.15) is 17.2 Å². The number of benzene rings is 1. The minimum absolute atomic E-state index is 0.427. The van der Waals surface area contributed by atoms with Crippen LogP contribution >= 0.6 is 0 Å². The van der Waals surface area contributed by atoms with E-state index in [1.165, 1.54) is 0 Å². The predicted molar refractivity (Wildman–Crippen MR) is 95.4 cm³/mol. The first-order valence-corrected chi connectivity index (χ1v) is 8.00. The zero-order valence-electron chi connectivity index (χ0n) is 15.3. The Morgan fingerprint density at radius 3 is 2.17 bits per heavy atom. The minimum Gasteiger partial charge on any atom is -0.496 e. The van der Waals surface area contributed by atoms with Gasteiger partial charge >= 0.3 is 0 Å². The van der Waals surface area contributed by atoms with Crippen LogP contribution in [0.3, 0.4) is 0 Å². The van der Waals surface area contributed by atoms with Gasteiger partial charge in [0.25, 0.3) is 0 Å². The first-order chi connectivity index (χ1) is 11.7. The van der Waals surface area contributed by atoms with Gasteiger partial charge in [-0.25, -0.2) is 4.99 Å². The molecule has 0 heterocycles. The second-order valence-corrected chi connectivity index (χ2v) is 4.98. The Labute approximate surface area is 144 Å². The molecule has 0 atom stereocenters. The van der Waals surface area contributed by atoms with E-state index in [0.29, 0.717) is 30.4 Å². The maximum absolute atomic E-state index is 5.45. The number of ether oxygens (including phenoxy) is 4. The lowest BCUT2D eigenvalue weighted by atomic mass is 10.1. The van der Waals surface area contributed by atoms with Crippen molar-refractivity contribution in [2.24, 2.45) is 4.99 Å². The summed E-state index contributed by atoms with van der Waals surface area (Å²) in [5, 5.41) is 6.49. The molecule has 0 unspecified atom stereocenters. The summed E-state index contributed by atoms with van der Waals surface area (Å²) < 4.78 is 21.2. The predicted octanol–water partition coefficient (Wildman–Crippen LogP) is 1.80. The monoisotopic (exact) mass is 339 g/mol. The van der Waals surface area contributed by atoms with Crippen LogP contribution in [0.2, 0.25) is 0 Å². The van der Waals surface area contributed by atoms with E-state index in [1.54, 1.807) is 28.4 Å². The van der Waals surface area contributed by atoms with Crippen LogP contribution in [-0.4, -0.2) is 54.1 Å². The number of aliphatic imine (C=N–C) groups is 1. The van der Waals surface area contributed by atoms with Crippen LogP contribution in [0, 0.1) is 0 Å². The molecule has 0 saturated carbocycles. The fourth-order valence-electron chi connectivity index (χ4n) is 2.16. The number of nitrogens with zero attached hydrogens (tertiary/aromatic N) is 1. The Kier molecular flexibility index (Phi) is 9.45. The number of methoxy groups -OCH3 is 4. The molecule has 1 aromatic rings. The van der Waals surface area contributed by atoms with Crippen molar-refractivity contribution in [2.75, 3.05) is 48.1 Å². The highest BCUT2D eigenvalue weighted by atomic mass is 16.5. The van der Waals surface area contributed by atoms with Gasteiger partial charge in [0.15, 0.2) is 5.96 Å². The normalized spacial score (nSPS) is 11.1. The molecular formula is C17H29N3O4. The fraction of sp³-hybridized carbons (Fsp3) is 0.588. The van der Waals surface area contributed by atoms with Crippen molar-refractivity contribution in [3.05, 3.63) is 17.7 Å². The molecule has 24 heavy (non-hydrogen) atoms. The summed E-state index contributed by atoms with van der Waals surface area (Å²) in [6.45, 7) is 4.74. The molecule has 0 aliphatic heterocycles. The summed E-state index contributed by atoms with van der Waals surface area (Å²) >= 11 is 0. The van der Waals surface area contributed by atoms with Gasteiger partial charge in [0.05, 0.1) is 33.4 Å². The Balaban J connectivity index is 2.90. The van der Waals surface area contributed by atoms with Crippen LogP contribution in [0.25, 0.3) is 0 Å². The largest absolute Gasteiger partial charge is 0.496 e. The molecule has 0 spiro atoms. The maximum atomic E-state index is 5.45. The SMILES string of the molecule is CCNC(=NCc1c(OC)cc(OC)cc1OC)NCCCOC. The van der Waals surface area contributed by atoms with Crippen molar-refractivity contribution >= 4 is 5.96 Å². The van der Waals surface area contributed by atoms with E-state index in [-0.39, 0.29) is 0 Å². The van der Waals surface area contributed by atoms with Crippen molar-refractivity contribution in [1.82, 2.24) is 10.6 Å². The van der Waals surface area contributed by atoms with E-state index >= 15 is 0 Å². The second-order valence-electron chi connectivity index (χ2n) is 4.98. The van der Waals surface area contributed by atoms with Crippen molar-refractivity contribution < 1.29 is 18.9 Å². The third kappa shape index (κ3) is 6.16. The summed E-state index contributed by atoms with van der Waals surface area (Å²) in [6, 6.07) is 3.65. The fourth-order valence-corrected chi connectivity index (χ4v) is 2.16. The van der Waals surface area contributed by atoms with E-state index < -0.39 is 0 Å². The van der Waals surface area contributed by atoms with Crippen LogP contribution < -0.4 is 24.8 Å². The maximum Gasteiger partial charge on any atom is 0.191 e. The molecule has 0 fully saturated rings. The van der Waals surface area contributed by atoms with Crippen LogP contribution in [0.1, 0.15) is 18.9 Å². The van der Waals surface area contributed by atoms with E-state index in [1.807, 2.05) is 19.1 Å². The second kappa shape index (κ2) is 11.4. The van der Waals surface area contributed by atoms with Crippen LogP contribution in [0.4, 0.5) is 0 Å². The average Bonchev–Trinajstić information content (AvgIpc) is 2.62. The molecule has 0 aromatic heterocycles. The topological polar surface area (TPSA) is 73.3 Å². The molecule has 0 saturated heterocycles. The van der Waals surface area contributed by atoms with E-state index in [0.717, 1.165) is 31.0 Å². The summed E-state index contributed by atoms with van der Waals surface area (Å²) in [7, 11) is 6.55. The van der Waals surface area contributed by atoms with Gasteiger partial charge in [-0.3, -0.25) is 0 Å². The quantitative estimate of drug-likeness (QED) is 0.385. The number of nitrogens with one attached hydrogen (secondary N) is 2.